The Morgan fingerprint density at radius 3 is 2.38 bits per heavy atom. The third kappa shape index (κ3) is 4.27. The maximum atomic E-state index is 13.4. The van der Waals surface area contributed by atoms with Crippen LogP contribution in [0.1, 0.15) is 69.3 Å². The number of ether oxygens (including phenoxy) is 2. The van der Waals surface area contributed by atoms with E-state index in [9.17, 15) is 14.4 Å². The van der Waals surface area contributed by atoms with Crippen molar-refractivity contribution in [2.75, 3.05) is 11.9 Å². The number of aryl methyl sites for hydroxylation is 2. The Morgan fingerprint density at radius 2 is 1.75 bits per heavy atom. The van der Waals surface area contributed by atoms with Crippen LogP contribution in [0.25, 0.3) is 10.9 Å². The third-order valence-electron chi connectivity index (χ3n) is 5.14. The number of thiophene rings is 1. The van der Waals surface area contributed by atoms with E-state index >= 15 is 0 Å². The predicted molar refractivity (Wildman–Crippen MR) is 126 cm³/mol. The number of para-hydroxylation sites is 1. The van der Waals surface area contributed by atoms with Crippen LogP contribution in [0.5, 0.6) is 0 Å². The monoisotopic (exact) mass is 456 g/mol. The van der Waals surface area contributed by atoms with Gasteiger partial charge in [-0.15, -0.1) is 11.3 Å². The molecule has 0 fully saturated rings. The molecule has 0 unspecified atom stereocenters. The molecular weight excluding hydrogens is 428 g/mol. The molecule has 1 aromatic carbocycles. The molecular formula is C24H28N2O5S. The van der Waals surface area contributed by atoms with E-state index in [2.05, 4.69) is 5.32 Å². The summed E-state index contributed by atoms with van der Waals surface area (Å²) >= 11 is 1.02. The molecule has 7 nitrogen and oxygen atoms in total. The highest BCUT2D eigenvalue weighted by Gasteiger charge is 2.29. The van der Waals surface area contributed by atoms with Gasteiger partial charge in [-0.1, -0.05) is 18.2 Å². The molecule has 2 aromatic heterocycles. The Balaban J connectivity index is 2.07. The van der Waals surface area contributed by atoms with Crippen molar-refractivity contribution in [3.05, 3.63) is 51.5 Å². The van der Waals surface area contributed by atoms with Crippen molar-refractivity contribution >= 4 is 45.1 Å². The van der Waals surface area contributed by atoms with Crippen LogP contribution < -0.4 is 5.32 Å². The van der Waals surface area contributed by atoms with Gasteiger partial charge in [0.1, 0.15) is 15.6 Å². The molecule has 8 heteroatoms. The molecule has 0 aliphatic carbocycles. The van der Waals surface area contributed by atoms with Gasteiger partial charge >= 0.3 is 11.9 Å². The molecule has 0 spiro atoms. The fourth-order valence-corrected chi connectivity index (χ4v) is 4.85. The van der Waals surface area contributed by atoms with Crippen LogP contribution in [-0.4, -0.2) is 35.1 Å². The zero-order valence-corrected chi connectivity index (χ0v) is 20.0. The van der Waals surface area contributed by atoms with E-state index in [1.807, 2.05) is 42.7 Å². The molecule has 0 saturated heterocycles. The number of rotatable bonds is 7. The first-order valence-electron chi connectivity index (χ1n) is 10.6. The number of amides is 1. The van der Waals surface area contributed by atoms with Crippen LogP contribution in [0.15, 0.2) is 24.3 Å². The fraction of sp³-hybridized carbons (Fsp3) is 0.375. The number of hydrogen-bond acceptors (Lipinski definition) is 6. The van der Waals surface area contributed by atoms with Gasteiger partial charge in [0, 0.05) is 17.4 Å². The second-order valence-electron chi connectivity index (χ2n) is 7.62. The topological polar surface area (TPSA) is 86.6 Å². The molecule has 1 amide bonds. The first-order chi connectivity index (χ1) is 15.2. The second kappa shape index (κ2) is 9.56. The molecule has 0 radical (unpaired) electrons. The summed E-state index contributed by atoms with van der Waals surface area (Å²) in [5.41, 5.74) is 2.94. The van der Waals surface area contributed by atoms with Crippen molar-refractivity contribution in [1.29, 1.82) is 0 Å². The Labute approximate surface area is 191 Å². The average molecular weight is 457 g/mol. The lowest BCUT2D eigenvalue weighted by Crippen LogP contribution is -2.19. The minimum Gasteiger partial charge on any atom is -0.462 e. The second-order valence-corrected chi connectivity index (χ2v) is 8.64. The van der Waals surface area contributed by atoms with Crippen LogP contribution in [0.2, 0.25) is 0 Å². The summed E-state index contributed by atoms with van der Waals surface area (Å²) in [6, 6.07) is 7.82. The quantitative estimate of drug-likeness (QED) is 0.485. The number of anilines is 1. The standard InChI is InChI=1S/C24H28N2O5S/c1-7-26-17-12-10-9-11-16(17)14(5)19(26)21(27)25-22-18(23(28)30-8-2)15(6)20(32-22)24(29)31-13(3)4/h9-13H,7-8H2,1-6H3,(H,25,27). The summed E-state index contributed by atoms with van der Waals surface area (Å²) in [4.78, 5) is 38.9. The summed E-state index contributed by atoms with van der Waals surface area (Å²) in [7, 11) is 0. The van der Waals surface area contributed by atoms with Crippen molar-refractivity contribution in [1.82, 2.24) is 4.57 Å². The van der Waals surface area contributed by atoms with Gasteiger partial charge in [-0.25, -0.2) is 9.59 Å². The molecule has 3 rings (SSSR count). The van der Waals surface area contributed by atoms with E-state index in [1.165, 1.54) is 0 Å². The van der Waals surface area contributed by atoms with Gasteiger partial charge in [0.2, 0.25) is 0 Å². The van der Waals surface area contributed by atoms with Crippen LogP contribution in [-0.2, 0) is 16.0 Å². The van der Waals surface area contributed by atoms with Gasteiger partial charge in [0.15, 0.2) is 0 Å². The van der Waals surface area contributed by atoms with Gasteiger partial charge in [-0.05, 0) is 58.7 Å². The number of esters is 2. The number of nitrogens with zero attached hydrogens (tertiary/aromatic N) is 1. The molecule has 0 aliphatic heterocycles. The van der Waals surface area contributed by atoms with E-state index in [1.54, 1.807) is 27.7 Å². The molecule has 32 heavy (non-hydrogen) atoms. The summed E-state index contributed by atoms with van der Waals surface area (Å²) in [5.74, 6) is -1.48. The van der Waals surface area contributed by atoms with Gasteiger partial charge in [-0.2, -0.15) is 0 Å². The normalized spacial score (nSPS) is 11.1. The van der Waals surface area contributed by atoms with Crippen LogP contribution in [0, 0.1) is 13.8 Å². The SMILES string of the molecule is CCOC(=O)c1c(NC(=O)c2c(C)c3ccccc3n2CC)sc(C(=O)OC(C)C)c1C. The summed E-state index contributed by atoms with van der Waals surface area (Å²) in [5, 5.41) is 4.13. The molecule has 2 heterocycles. The van der Waals surface area contributed by atoms with E-state index < -0.39 is 11.9 Å². The number of hydrogen-bond donors (Lipinski definition) is 1. The zero-order valence-electron chi connectivity index (χ0n) is 19.2. The highest BCUT2D eigenvalue weighted by atomic mass is 32.1. The van der Waals surface area contributed by atoms with Gasteiger partial charge in [0.25, 0.3) is 5.91 Å². The maximum Gasteiger partial charge on any atom is 0.348 e. The van der Waals surface area contributed by atoms with Crippen molar-refractivity contribution in [2.45, 2.75) is 54.2 Å². The van der Waals surface area contributed by atoms with Crippen LogP contribution in [0.3, 0.4) is 0 Å². The van der Waals surface area contributed by atoms with E-state index in [0.717, 1.165) is 27.8 Å². The van der Waals surface area contributed by atoms with Crippen molar-refractivity contribution in [3.63, 3.8) is 0 Å². The Bertz CT molecular complexity index is 1190. The fourth-order valence-electron chi connectivity index (χ4n) is 3.77. The number of nitrogens with one attached hydrogen (secondary N) is 1. The van der Waals surface area contributed by atoms with Crippen molar-refractivity contribution < 1.29 is 23.9 Å². The molecule has 170 valence electrons. The first kappa shape index (κ1) is 23.5. The van der Waals surface area contributed by atoms with E-state index in [-0.39, 0.29) is 34.1 Å². The molecule has 0 atom stereocenters. The number of fused-ring (bicyclic) bond motifs is 1. The minimum absolute atomic E-state index is 0.177. The zero-order chi connectivity index (χ0) is 23.6. The summed E-state index contributed by atoms with van der Waals surface area (Å²) in [6.07, 6.45) is -0.309. The smallest absolute Gasteiger partial charge is 0.348 e. The maximum absolute atomic E-state index is 13.4. The Kier molecular flexibility index (Phi) is 7.03. The summed E-state index contributed by atoms with van der Waals surface area (Å²) < 4.78 is 12.4. The first-order valence-corrected chi connectivity index (χ1v) is 11.4. The number of carbonyl (C=O) groups excluding carboxylic acids is 3. The molecule has 0 saturated carbocycles. The molecule has 0 aliphatic rings. The van der Waals surface area contributed by atoms with Crippen LogP contribution in [0.4, 0.5) is 5.00 Å². The number of benzene rings is 1. The van der Waals surface area contributed by atoms with Gasteiger partial charge in [0.05, 0.1) is 18.3 Å². The Hall–Kier alpha value is -3.13. The van der Waals surface area contributed by atoms with Crippen molar-refractivity contribution in [2.24, 2.45) is 0 Å². The molecule has 1 N–H and O–H groups in total. The van der Waals surface area contributed by atoms with E-state index in [0.29, 0.717) is 17.8 Å². The van der Waals surface area contributed by atoms with Gasteiger partial charge in [-0.3, -0.25) is 4.79 Å². The molecule has 0 bridgehead atoms. The lowest BCUT2D eigenvalue weighted by atomic mass is 10.1. The largest absolute Gasteiger partial charge is 0.462 e. The van der Waals surface area contributed by atoms with E-state index in [4.69, 9.17) is 9.47 Å². The predicted octanol–water partition coefficient (Wildman–Crippen LogP) is 5.33. The Morgan fingerprint density at radius 1 is 1.06 bits per heavy atom. The van der Waals surface area contributed by atoms with Crippen LogP contribution >= 0.6 is 11.3 Å². The lowest BCUT2D eigenvalue weighted by Gasteiger charge is -2.10. The summed E-state index contributed by atoms with van der Waals surface area (Å²) in [6.45, 7) is 11.5. The van der Waals surface area contributed by atoms with Crippen molar-refractivity contribution in [3.8, 4) is 0 Å². The molecule has 3 aromatic rings. The number of carbonyl (C=O) groups is 3. The number of aromatic nitrogens is 1. The average Bonchev–Trinajstić information content (AvgIpc) is 3.21. The minimum atomic E-state index is -0.590. The highest BCUT2D eigenvalue weighted by Crippen LogP contribution is 2.35. The highest BCUT2D eigenvalue weighted by molar-refractivity contribution is 7.18. The lowest BCUT2D eigenvalue weighted by molar-refractivity contribution is 0.0383. The van der Waals surface area contributed by atoms with Gasteiger partial charge < -0.3 is 19.4 Å². The third-order valence-corrected chi connectivity index (χ3v) is 6.32.